The zero-order valence-corrected chi connectivity index (χ0v) is 18.5. The summed E-state index contributed by atoms with van der Waals surface area (Å²) in [6, 6.07) is 6.98. The van der Waals surface area contributed by atoms with Crippen LogP contribution in [0.25, 0.3) is 0 Å². The van der Waals surface area contributed by atoms with E-state index in [1.807, 2.05) is 12.1 Å². The Hall–Kier alpha value is -2.06. The van der Waals surface area contributed by atoms with Gasteiger partial charge in [0.25, 0.3) is 0 Å². The van der Waals surface area contributed by atoms with Gasteiger partial charge in [-0.2, -0.15) is 5.26 Å². The first-order chi connectivity index (χ1) is 14.7. The van der Waals surface area contributed by atoms with E-state index in [2.05, 4.69) is 30.9 Å². The third kappa shape index (κ3) is 6.74. The van der Waals surface area contributed by atoms with E-state index in [1.165, 1.54) is 51.4 Å². The fourth-order valence-electron chi connectivity index (χ4n) is 5.15. The summed E-state index contributed by atoms with van der Waals surface area (Å²) in [5.74, 6) is 8.92. The first-order valence-corrected chi connectivity index (χ1v) is 12.1. The predicted molar refractivity (Wildman–Crippen MR) is 122 cm³/mol. The molecule has 160 valence electrons. The molecule has 2 saturated carbocycles. The smallest absolute Gasteiger partial charge is 0.141 e. The van der Waals surface area contributed by atoms with Crippen LogP contribution in [0.5, 0.6) is 0 Å². The molecule has 0 bridgehead atoms. The molecule has 1 aromatic rings. The highest BCUT2D eigenvalue weighted by atomic mass is 19.1. The molecule has 0 unspecified atom stereocenters. The van der Waals surface area contributed by atoms with Gasteiger partial charge >= 0.3 is 0 Å². The minimum atomic E-state index is -0.392. The second-order valence-electron chi connectivity index (χ2n) is 9.32. The van der Waals surface area contributed by atoms with Gasteiger partial charge in [0.1, 0.15) is 11.9 Å². The largest absolute Gasteiger partial charge is 0.206 e. The minimum absolute atomic E-state index is 0.134. The Morgan fingerprint density at radius 1 is 1.03 bits per heavy atom. The summed E-state index contributed by atoms with van der Waals surface area (Å²) >= 11 is 0. The standard InChI is InChI=1S/C28H36FN/c1-2-3-4-7-22-10-12-23(13-11-22)8-5-6-9-24-14-16-25(17-15-24)26-18-19-27(21-30)28(29)20-26/h5,8,18-20,22-25H,2-4,7,10-17H2,1H3/b8-5+/t22-,23-,24-,25-. The summed E-state index contributed by atoms with van der Waals surface area (Å²) in [7, 11) is 0. The number of halogens is 1. The molecule has 2 aliphatic carbocycles. The van der Waals surface area contributed by atoms with E-state index in [9.17, 15) is 4.39 Å². The van der Waals surface area contributed by atoms with E-state index in [0.717, 1.165) is 43.1 Å². The first kappa shape index (κ1) is 22.6. The lowest BCUT2D eigenvalue weighted by Crippen LogP contribution is -2.13. The highest BCUT2D eigenvalue weighted by Crippen LogP contribution is 2.36. The highest BCUT2D eigenvalue weighted by molar-refractivity contribution is 5.35. The number of allylic oxidation sites excluding steroid dienone is 2. The second-order valence-corrected chi connectivity index (χ2v) is 9.32. The zero-order chi connectivity index (χ0) is 21.2. The summed E-state index contributed by atoms with van der Waals surface area (Å²) in [5.41, 5.74) is 1.16. The molecular formula is C28H36FN. The van der Waals surface area contributed by atoms with Gasteiger partial charge in [-0.05, 0) is 92.9 Å². The van der Waals surface area contributed by atoms with Crippen LogP contribution in [0.15, 0.2) is 30.4 Å². The normalized spacial score (nSPS) is 26.7. The molecule has 0 N–H and O–H groups in total. The van der Waals surface area contributed by atoms with Gasteiger partial charge in [-0.1, -0.05) is 56.6 Å². The van der Waals surface area contributed by atoms with E-state index in [-0.39, 0.29) is 5.56 Å². The van der Waals surface area contributed by atoms with Gasteiger partial charge < -0.3 is 0 Å². The van der Waals surface area contributed by atoms with E-state index < -0.39 is 5.82 Å². The van der Waals surface area contributed by atoms with Gasteiger partial charge in [0, 0.05) is 5.92 Å². The van der Waals surface area contributed by atoms with Crippen molar-refractivity contribution >= 4 is 0 Å². The fourth-order valence-corrected chi connectivity index (χ4v) is 5.15. The van der Waals surface area contributed by atoms with E-state index >= 15 is 0 Å². The molecule has 0 saturated heterocycles. The lowest BCUT2D eigenvalue weighted by Gasteiger charge is -2.26. The molecule has 2 aliphatic rings. The monoisotopic (exact) mass is 405 g/mol. The van der Waals surface area contributed by atoms with Crippen LogP contribution in [-0.2, 0) is 0 Å². The molecule has 2 heteroatoms. The number of hydrogen-bond acceptors (Lipinski definition) is 1. The lowest BCUT2D eigenvalue weighted by atomic mass is 9.78. The average Bonchev–Trinajstić information content (AvgIpc) is 2.78. The number of rotatable bonds is 6. The van der Waals surface area contributed by atoms with E-state index in [0.29, 0.717) is 11.8 Å². The van der Waals surface area contributed by atoms with E-state index in [4.69, 9.17) is 5.26 Å². The molecule has 0 atom stereocenters. The number of unbranched alkanes of at least 4 members (excludes halogenated alkanes) is 2. The molecule has 3 rings (SSSR count). The Kier molecular flexibility index (Phi) is 9.01. The van der Waals surface area contributed by atoms with Crippen molar-refractivity contribution in [2.75, 3.05) is 0 Å². The Morgan fingerprint density at radius 2 is 1.80 bits per heavy atom. The SMILES string of the molecule is CCCCC[C@H]1CC[C@H](/C=C/C#C[C@H]2CC[C@H](c3ccc(C#N)c(F)c3)CC2)CC1. The zero-order valence-electron chi connectivity index (χ0n) is 18.5. The molecule has 0 radical (unpaired) electrons. The van der Waals surface area contributed by atoms with Gasteiger partial charge in [-0.3, -0.25) is 0 Å². The van der Waals surface area contributed by atoms with Crippen LogP contribution in [0, 0.1) is 46.7 Å². The van der Waals surface area contributed by atoms with Crippen molar-refractivity contribution in [3.05, 3.63) is 47.3 Å². The van der Waals surface area contributed by atoms with Gasteiger partial charge in [-0.15, -0.1) is 0 Å². The van der Waals surface area contributed by atoms with Crippen molar-refractivity contribution in [1.82, 2.24) is 0 Å². The Balaban J connectivity index is 1.38. The molecule has 1 nitrogen and oxygen atoms in total. The number of nitrogens with zero attached hydrogens (tertiary/aromatic N) is 1. The summed E-state index contributed by atoms with van der Waals surface area (Å²) < 4.78 is 13.9. The topological polar surface area (TPSA) is 23.8 Å². The summed E-state index contributed by atoms with van der Waals surface area (Å²) in [4.78, 5) is 0. The maximum Gasteiger partial charge on any atom is 0.141 e. The molecule has 0 heterocycles. The summed E-state index contributed by atoms with van der Waals surface area (Å²) in [6.07, 6.45) is 19.7. The van der Waals surface area contributed by atoms with Crippen LogP contribution in [-0.4, -0.2) is 0 Å². The van der Waals surface area contributed by atoms with Gasteiger partial charge in [0.05, 0.1) is 5.56 Å². The van der Waals surface area contributed by atoms with Crippen LogP contribution in [0.2, 0.25) is 0 Å². The number of benzene rings is 1. The van der Waals surface area contributed by atoms with Crippen molar-refractivity contribution in [2.24, 2.45) is 17.8 Å². The van der Waals surface area contributed by atoms with Gasteiger partial charge in [0.15, 0.2) is 0 Å². The van der Waals surface area contributed by atoms with Crippen LogP contribution < -0.4 is 0 Å². The molecular weight excluding hydrogens is 369 g/mol. The van der Waals surface area contributed by atoms with Crippen molar-refractivity contribution in [2.45, 2.75) is 89.9 Å². The molecule has 0 aromatic heterocycles. The quantitative estimate of drug-likeness (QED) is 0.348. The van der Waals surface area contributed by atoms with Gasteiger partial charge in [0.2, 0.25) is 0 Å². The molecule has 0 aliphatic heterocycles. The third-order valence-electron chi connectivity index (χ3n) is 7.16. The Labute approximate surface area is 182 Å². The van der Waals surface area contributed by atoms with Crippen molar-refractivity contribution in [3.8, 4) is 17.9 Å². The lowest BCUT2D eigenvalue weighted by molar-refractivity contribution is 0.289. The molecule has 1 aromatic carbocycles. The maximum absolute atomic E-state index is 13.9. The van der Waals surface area contributed by atoms with Gasteiger partial charge in [-0.25, -0.2) is 4.39 Å². The van der Waals surface area contributed by atoms with Crippen molar-refractivity contribution in [3.63, 3.8) is 0 Å². The predicted octanol–water partition coefficient (Wildman–Crippen LogP) is 7.92. The first-order valence-electron chi connectivity index (χ1n) is 12.1. The second kappa shape index (κ2) is 12.0. The molecule has 30 heavy (non-hydrogen) atoms. The van der Waals surface area contributed by atoms with Crippen LogP contribution in [0.4, 0.5) is 4.39 Å². The highest BCUT2D eigenvalue weighted by Gasteiger charge is 2.22. The minimum Gasteiger partial charge on any atom is -0.206 e. The molecule has 0 spiro atoms. The maximum atomic E-state index is 13.9. The van der Waals surface area contributed by atoms with Crippen LogP contribution in [0.1, 0.15) is 101 Å². The fraction of sp³-hybridized carbons (Fsp3) is 0.607. The summed E-state index contributed by atoms with van der Waals surface area (Å²) in [5, 5.41) is 8.88. The molecule has 2 fully saturated rings. The average molecular weight is 406 g/mol. The Morgan fingerprint density at radius 3 is 2.47 bits per heavy atom. The number of hydrogen-bond donors (Lipinski definition) is 0. The number of nitriles is 1. The van der Waals surface area contributed by atoms with Crippen LogP contribution in [0.3, 0.4) is 0 Å². The Bertz CT molecular complexity index is 790. The summed E-state index contributed by atoms with van der Waals surface area (Å²) in [6.45, 7) is 2.28. The molecule has 0 amide bonds. The van der Waals surface area contributed by atoms with Crippen molar-refractivity contribution < 1.29 is 4.39 Å². The van der Waals surface area contributed by atoms with E-state index in [1.54, 1.807) is 12.1 Å². The van der Waals surface area contributed by atoms with Crippen molar-refractivity contribution in [1.29, 1.82) is 5.26 Å². The van der Waals surface area contributed by atoms with Crippen LogP contribution >= 0.6 is 0 Å². The third-order valence-corrected chi connectivity index (χ3v) is 7.16.